The second-order valence-electron chi connectivity index (χ2n) is 5.00. The topological polar surface area (TPSA) is 0 Å². The molecular formula is C10H12Cl4. The molecule has 3 unspecified atom stereocenters. The maximum Gasteiger partial charge on any atom is 0.128 e. The summed E-state index contributed by atoms with van der Waals surface area (Å²) in [6.45, 7) is 0. The summed E-state index contributed by atoms with van der Waals surface area (Å²) in [6.07, 6.45) is 5.03. The second-order valence-corrected chi connectivity index (χ2v) is 8.02. The molecule has 3 fully saturated rings. The van der Waals surface area contributed by atoms with Gasteiger partial charge in [0.15, 0.2) is 0 Å². The van der Waals surface area contributed by atoms with Crippen molar-refractivity contribution in [2.24, 2.45) is 17.3 Å². The maximum atomic E-state index is 6.20. The molecular weight excluding hydrogens is 262 g/mol. The standard InChI is InChI=1S/C10H12Cl4/c11-8(12)3-1-4-9-6(2-5-8)7(9)10(9,13)14/h6-7H,1-5H2. The van der Waals surface area contributed by atoms with E-state index in [9.17, 15) is 0 Å². The van der Waals surface area contributed by atoms with Gasteiger partial charge >= 0.3 is 0 Å². The van der Waals surface area contributed by atoms with Gasteiger partial charge in [0, 0.05) is 11.3 Å². The molecule has 14 heavy (non-hydrogen) atoms. The molecule has 0 aliphatic heterocycles. The Balaban J connectivity index is 1.72. The van der Waals surface area contributed by atoms with E-state index in [0.717, 1.165) is 32.1 Å². The first-order valence-electron chi connectivity index (χ1n) is 5.17. The van der Waals surface area contributed by atoms with E-state index in [2.05, 4.69) is 0 Å². The van der Waals surface area contributed by atoms with Gasteiger partial charge in [-0.15, -0.1) is 46.4 Å². The van der Waals surface area contributed by atoms with Crippen LogP contribution in [-0.2, 0) is 0 Å². The predicted molar refractivity (Wildman–Crippen MR) is 61.4 cm³/mol. The Morgan fingerprint density at radius 1 is 0.929 bits per heavy atom. The molecule has 3 saturated carbocycles. The lowest BCUT2D eigenvalue weighted by Crippen LogP contribution is -2.24. The minimum Gasteiger partial charge on any atom is -0.102 e. The summed E-state index contributed by atoms with van der Waals surface area (Å²) in [5.41, 5.74) is 0.264. The molecule has 3 aliphatic rings. The van der Waals surface area contributed by atoms with Crippen molar-refractivity contribution in [3.05, 3.63) is 0 Å². The zero-order valence-corrected chi connectivity index (χ0v) is 10.7. The number of alkyl halides is 4. The van der Waals surface area contributed by atoms with Crippen LogP contribution in [0.4, 0.5) is 0 Å². The van der Waals surface area contributed by atoms with Crippen molar-refractivity contribution in [2.45, 2.75) is 40.8 Å². The van der Waals surface area contributed by atoms with E-state index in [1.807, 2.05) is 0 Å². The first-order valence-corrected chi connectivity index (χ1v) is 6.69. The lowest BCUT2D eigenvalue weighted by Gasteiger charge is -2.28. The molecule has 0 aromatic rings. The Hall–Kier alpha value is 1.16. The molecule has 0 radical (unpaired) electrons. The zero-order chi connectivity index (χ0) is 10.2. The molecule has 3 aliphatic carbocycles. The van der Waals surface area contributed by atoms with E-state index in [4.69, 9.17) is 46.4 Å². The number of fused-ring (bicyclic) bond motifs is 1. The summed E-state index contributed by atoms with van der Waals surface area (Å²) in [5.74, 6) is 1.25. The third-order valence-electron chi connectivity index (χ3n) is 4.39. The highest BCUT2D eigenvalue weighted by Gasteiger charge is 2.93. The minimum atomic E-state index is -0.502. The van der Waals surface area contributed by atoms with Gasteiger partial charge in [-0.3, -0.25) is 0 Å². The van der Waals surface area contributed by atoms with E-state index in [1.54, 1.807) is 0 Å². The van der Waals surface area contributed by atoms with E-state index in [0.29, 0.717) is 11.8 Å². The van der Waals surface area contributed by atoms with Gasteiger partial charge in [-0.1, -0.05) is 0 Å². The van der Waals surface area contributed by atoms with Crippen LogP contribution in [-0.4, -0.2) is 8.67 Å². The average molecular weight is 274 g/mol. The van der Waals surface area contributed by atoms with Crippen LogP contribution in [0.15, 0.2) is 0 Å². The van der Waals surface area contributed by atoms with Crippen molar-refractivity contribution >= 4 is 46.4 Å². The van der Waals surface area contributed by atoms with Gasteiger partial charge in [0.1, 0.15) is 8.67 Å². The first kappa shape index (κ1) is 10.3. The highest BCUT2D eigenvalue weighted by molar-refractivity contribution is 6.53. The van der Waals surface area contributed by atoms with E-state index >= 15 is 0 Å². The maximum absolute atomic E-state index is 6.20. The molecule has 3 atom stereocenters. The Morgan fingerprint density at radius 2 is 1.64 bits per heavy atom. The SMILES string of the molecule is ClC1(Cl)CCCC23C(CC1)C2C3(Cl)Cl. The van der Waals surface area contributed by atoms with Crippen molar-refractivity contribution in [1.29, 1.82) is 0 Å². The highest BCUT2D eigenvalue weighted by Crippen LogP contribution is 2.93. The summed E-state index contributed by atoms with van der Waals surface area (Å²) in [5, 5.41) is 0. The van der Waals surface area contributed by atoms with Crippen molar-refractivity contribution in [2.75, 3.05) is 0 Å². The van der Waals surface area contributed by atoms with E-state index < -0.39 is 8.67 Å². The van der Waals surface area contributed by atoms with Gasteiger partial charge in [0.2, 0.25) is 0 Å². The fourth-order valence-electron chi connectivity index (χ4n) is 3.49. The number of halogens is 4. The van der Waals surface area contributed by atoms with Crippen LogP contribution in [0.25, 0.3) is 0 Å². The molecule has 1 spiro atoms. The molecule has 0 saturated heterocycles. The number of hydrogen-bond donors (Lipinski definition) is 0. The van der Waals surface area contributed by atoms with Gasteiger partial charge in [-0.05, 0) is 38.0 Å². The number of rotatable bonds is 0. The monoisotopic (exact) mass is 272 g/mol. The third kappa shape index (κ3) is 1.09. The summed E-state index contributed by atoms with van der Waals surface area (Å²) in [4.78, 5) is 0. The highest BCUT2D eigenvalue weighted by atomic mass is 35.5. The van der Waals surface area contributed by atoms with Crippen LogP contribution < -0.4 is 0 Å². The molecule has 0 N–H and O–H groups in total. The molecule has 80 valence electrons. The third-order valence-corrected chi connectivity index (χ3v) is 6.32. The molecule has 0 aromatic carbocycles. The Bertz CT molecular complexity index is 284. The smallest absolute Gasteiger partial charge is 0.102 e. The van der Waals surface area contributed by atoms with Crippen LogP contribution in [0.5, 0.6) is 0 Å². The van der Waals surface area contributed by atoms with E-state index in [1.165, 1.54) is 0 Å². The van der Waals surface area contributed by atoms with Crippen molar-refractivity contribution in [3.63, 3.8) is 0 Å². The second kappa shape index (κ2) is 2.70. The van der Waals surface area contributed by atoms with Crippen molar-refractivity contribution in [1.82, 2.24) is 0 Å². The lowest BCUT2D eigenvalue weighted by atomic mass is 9.90. The van der Waals surface area contributed by atoms with E-state index in [-0.39, 0.29) is 5.41 Å². The zero-order valence-electron chi connectivity index (χ0n) is 7.70. The summed E-state index contributed by atoms with van der Waals surface area (Å²) >= 11 is 24.7. The summed E-state index contributed by atoms with van der Waals surface area (Å²) in [7, 11) is 0. The van der Waals surface area contributed by atoms with Gasteiger partial charge in [-0.2, -0.15) is 0 Å². The molecule has 0 bridgehead atoms. The lowest BCUT2D eigenvalue weighted by molar-refractivity contribution is 0.356. The van der Waals surface area contributed by atoms with Crippen LogP contribution in [0.1, 0.15) is 32.1 Å². The minimum absolute atomic E-state index is 0.264. The molecule has 0 amide bonds. The quantitative estimate of drug-likeness (QED) is 0.569. The van der Waals surface area contributed by atoms with Gasteiger partial charge < -0.3 is 0 Å². The first-order chi connectivity index (χ1) is 6.42. The van der Waals surface area contributed by atoms with Gasteiger partial charge in [0.25, 0.3) is 0 Å². The average Bonchev–Trinajstić information content (AvgIpc) is 2.82. The fraction of sp³-hybridized carbons (Fsp3) is 1.00. The fourth-order valence-corrected chi connectivity index (χ4v) is 5.26. The van der Waals surface area contributed by atoms with Gasteiger partial charge in [-0.25, -0.2) is 0 Å². The normalized spacial score (nSPS) is 52.3. The van der Waals surface area contributed by atoms with Crippen molar-refractivity contribution < 1.29 is 0 Å². The van der Waals surface area contributed by atoms with Gasteiger partial charge in [0.05, 0.1) is 0 Å². The van der Waals surface area contributed by atoms with Crippen LogP contribution in [0.3, 0.4) is 0 Å². The molecule has 0 aromatic heterocycles. The predicted octanol–water partition coefficient (Wildman–Crippen LogP) is 4.54. The van der Waals surface area contributed by atoms with Crippen LogP contribution in [0, 0.1) is 17.3 Å². The summed E-state index contributed by atoms with van der Waals surface area (Å²) < 4.78 is -0.909. The molecule has 3 rings (SSSR count). The Morgan fingerprint density at radius 3 is 2.29 bits per heavy atom. The Labute approximate surface area is 104 Å². The summed E-state index contributed by atoms with van der Waals surface area (Å²) in [6, 6.07) is 0. The molecule has 0 heterocycles. The molecule has 0 nitrogen and oxygen atoms in total. The van der Waals surface area contributed by atoms with Crippen molar-refractivity contribution in [3.8, 4) is 0 Å². The van der Waals surface area contributed by atoms with Crippen LogP contribution in [0.2, 0.25) is 0 Å². The number of hydrogen-bond acceptors (Lipinski definition) is 0. The largest absolute Gasteiger partial charge is 0.128 e. The van der Waals surface area contributed by atoms with Crippen LogP contribution >= 0.6 is 46.4 Å². The molecule has 4 heteroatoms. The Kier molecular flexibility index (Phi) is 1.99.